The molecule has 1 aliphatic rings. The first-order chi connectivity index (χ1) is 4.33. The third kappa shape index (κ3) is 1.55. The van der Waals surface area contributed by atoms with Crippen LogP contribution in [0, 0.1) is 0 Å². The van der Waals surface area contributed by atoms with Crippen LogP contribution in [0.25, 0.3) is 0 Å². The van der Waals surface area contributed by atoms with Gasteiger partial charge in [-0.05, 0) is 0 Å². The van der Waals surface area contributed by atoms with Gasteiger partial charge in [-0.3, -0.25) is 0 Å². The first-order valence-electron chi connectivity index (χ1n) is 2.68. The Balaban J connectivity index is 2.26. The van der Waals surface area contributed by atoms with Gasteiger partial charge in [-0.1, -0.05) is 0 Å². The van der Waals surface area contributed by atoms with E-state index in [0.717, 1.165) is 0 Å². The first kappa shape index (κ1) is 6.31. The summed E-state index contributed by atoms with van der Waals surface area (Å²) >= 11 is 0. The summed E-state index contributed by atoms with van der Waals surface area (Å²) in [5, 5.41) is 13.5. The molecular formula is C4H9N3O2. The molecule has 1 rings (SSSR count). The van der Waals surface area contributed by atoms with Crippen LogP contribution < -0.4 is 10.6 Å². The number of nitrogens with zero attached hydrogens (tertiary/aromatic N) is 1. The maximum absolute atomic E-state index is 10.4. The molecule has 0 unspecified atom stereocenters. The van der Waals surface area contributed by atoms with E-state index in [0.29, 0.717) is 13.3 Å². The van der Waals surface area contributed by atoms with Crippen LogP contribution in [0.2, 0.25) is 0 Å². The topological polar surface area (TPSA) is 64.6 Å². The average Bonchev–Trinajstić information content (AvgIpc) is 1.90. The highest BCUT2D eigenvalue weighted by molar-refractivity contribution is 5.74. The minimum Gasteiger partial charge on any atom is -0.381 e. The number of carbonyl (C=O) groups excluding carboxylic acids is 1. The van der Waals surface area contributed by atoms with Gasteiger partial charge in [0.25, 0.3) is 0 Å². The molecule has 0 aromatic heterocycles. The third-order valence-electron chi connectivity index (χ3n) is 1.13. The minimum atomic E-state index is -0.181. The van der Waals surface area contributed by atoms with Crippen molar-refractivity contribution in [2.45, 2.75) is 0 Å². The summed E-state index contributed by atoms with van der Waals surface area (Å²) in [6.07, 6.45) is 0. The van der Waals surface area contributed by atoms with Crippen LogP contribution in [-0.2, 0) is 0 Å². The van der Waals surface area contributed by atoms with Crippen molar-refractivity contribution < 1.29 is 9.90 Å². The third-order valence-corrected chi connectivity index (χ3v) is 1.13. The molecule has 0 radical (unpaired) electrons. The number of aliphatic hydroxyl groups is 1. The lowest BCUT2D eigenvalue weighted by Crippen LogP contribution is -2.54. The largest absolute Gasteiger partial charge is 0.381 e. The van der Waals surface area contributed by atoms with Crippen molar-refractivity contribution in [1.82, 2.24) is 15.5 Å². The second-order valence-electron chi connectivity index (χ2n) is 1.81. The lowest BCUT2D eigenvalue weighted by molar-refractivity contribution is 0.0830. The van der Waals surface area contributed by atoms with E-state index >= 15 is 0 Å². The monoisotopic (exact) mass is 131 g/mol. The summed E-state index contributed by atoms with van der Waals surface area (Å²) < 4.78 is 0. The quantitative estimate of drug-likeness (QED) is 0.404. The molecule has 1 saturated heterocycles. The Hall–Kier alpha value is -0.810. The molecule has 0 atom stereocenters. The predicted octanol–water partition coefficient (Wildman–Crippen LogP) is -1.53. The fraction of sp³-hybridized carbons (Fsp3) is 0.750. The molecule has 0 aromatic rings. The zero-order valence-electron chi connectivity index (χ0n) is 4.92. The van der Waals surface area contributed by atoms with Crippen LogP contribution in [0.1, 0.15) is 0 Å². The molecule has 1 fully saturated rings. The standard InChI is InChI=1S/C4H9N3O2/c8-3-7-1-5-4(9)6-2-7/h8H,1-3H2,(H2,5,6,9). The fourth-order valence-electron chi connectivity index (χ4n) is 0.586. The molecule has 5 nitrogen and oxygen atoms in total. The van der Waals surface area contributed by atoms with Crippen molar-refractivity contribution in [2.24, 2.45) is 0 Å². The number of aliphatic hydroxyl groups excluding tert-OH is 1. The van der Waals surface area contributed by atoms with E-state index in [4.69, 9.17) is 5.11 Å². The molecule has 3 N–H and O–H groups in total. The molecule has 2 amide bonds. The summed E-state index contributed by atoms with van der Waals surface area (Å²) in [7, 11) is 0. The lowest BCUT2D eigenvalue weighted by Gasteiger charge is -2.25. The van der Waals surface area contributed by atoms with Gasteiger partial charge in [0.15, 0.2) is 0 Å². The Bertz CT molecular complexity index is 106. The zero-order chi connectivity index (χ0) is 6.69. The molecule has 52 valence electrons. The lowest BCUT2D eigenvalue weighted by atomic mass is 10.7. The summed E-state index contributed by atoms with van der Waals surface area (Å²) in [5.41, 5.74) is 0. The van der Waals surface area contributed by atoms with Crippen LogP contribution in [-0.4, -0.2) is 36.1 Å². The Kier molecular flexibility index (Phi) is 1.86. The van der Waals surface area contributed by atoms with Crippen LogP contribution >= 0.6 is 0 Å². The van der Waals surface area contributed by atoms with E-state index in [1.807, 2.05) is 0 Å². The van der Waals surface area contributed by atoms with E-state index in [2.05, 4.69) is 10.6 Å². The maximum atomic E-state index is 10.4. The summed E-state index contributed by atoms with van der Waals surface area (Å²) in [6.45, 7) is 0.804. The van der Waals surface area contributed by atoms with Gasteiger partial charge in [0.05, 0.1) is 20.1 Å². The minimum absolute atomic E-state index is 0.0344. The van der Waals surface area contributed by atoms with Crippen molar-refractivity contribution in [2.75, 3.05) is 20.1 Å². The average molecular weight is 131 g/mol. The zero-order valence-corrected chi connectivity index (χ0v) is 4.92. The van der Waals surface area contributed by atoms with Gasteiger partial charge in [0, 0.05) is 0 Å². The molecule has 5 heteroatoms. The fourth-order valence-corrected chi connectivity index (χ4v) is 0.586. The van der Waals surface area contributed by atoms with Crippen molar-refractivity contribution in [3.05, 3.63) is 0 Å². The molecular weight excluding hydrogens is 122 g/mol. The maximum Gasteiger partial charge on any atom is 0.316 e. The van der Waals surface area contributed by atoms with E-state index in [1.165, 1.54) is 0 Å². The van der Waals surface area contributed by atoms with Crippen LogP contribution in [0.15, 0.2) is 0 Å². The van der Waals surface area contributed by atoms with E-state index < -0.39 is 0 Å². The molecule has 1 aliphatic heterocycles. The Morgan fingerprint density at radius 3 is 2.56 bits per heavy atom. The summed E-state index contributed by atoms with van der Waals surface area (Å²) in [4.78, 5) is 12.0. The number of hydrogen-bond donors (Lipinski definition) is 3. The smallest absolute Gasteiger partial charge is 0.316 e. The van der Waals surface area contributed by atoms with Gasteiger partial charge in [0.2, 0.25) is 0 Å². The SMILES string of the molecule is O=C1NCN(CO)CN1. The highest BCUT2D eigenvalue weighted by Gasteiger charge is 2.11. The van der Waals surface area contributed by atoms with Gasteiger partial charge in [-0.15, -0.1) is 0 Å². The first-order valence-corrected chi connectivity index (χ1v) is 2.68. The van der Waals surface area contributed by atoms with Gasteiger partial charge in [-0.25, -0.2) is 9.69 Å². The van der Waals surface area contributed by atoms with Crippen molar-refractivity contribution in [3.63, 3.8) is 0 Å². The predicted molar refractivity (Wildman–Crippen MR) is 30.3 cm³/mol. The molecule has 0 saturated carbocycles. The van der Waals surface area contributed by atoms with Crippen molar-refractivity contribution in [1.29, 1.82) is 0 Å². The number of rotatable bonds is 1. The Morgan fingerprint density at radius 1 is 1.56 bits per heavy atom. The number of nitrogens with one attached hydrogen (secondary N) is 2. The summed E-state index contributed by atoms with van der Waals surface area (Å²) in [6, 6.07) is -0.181. The van der Waals surface area contributed by atoms with Gasteiger partial charge >= 0.3 is 6.03 Å². The van der Waals surface area contributed by atoms with Crippen LogP contribution in [0.4, 0.5) is 4.79 Å². The molecule has 9 heavy (non-hydrogen) atoms. The van der Waals surface area contributed by atoms with Crippen LogP contribution in [0.5, 0.6) is 0 Å². The Labute approximate surface area is 52.6 Å². The highest BCUT2D eigenvalue weighted by atomic mass is 16.3. The highest BCUT2D eigenvalue weighted by Crippen LogP contribution is 1.84. The van der Waals surface area contributed by atoms with Crippen molar-refractivity contribution in [3.8, 4) is 0 Å². The normalized spacial score (nSPS) is 20.8. The molecule has 1 heterocycles. The Morgan fingerprint density at radius 2 is 2.11 bits per heavy atom. The van der Waals surface area contributed by atoms with E-state index in [9.17, 15) is 4.79 Å². The van der Waals surface area contributed by atoms with E-state index in [-0.39, 0.29) is 12.8 Å². The summed E-state index contributed by atoms with van der Waals surface area (Å²) in [5.74, 6) is 0. The van der Waals surface area contributed by atoms with E-state index in [1.54, 1.807) is 4.90 Å². The van der Waals surface area contributed by atoms with Gasteiger partial charge < -0.3 is 15.7 Å². The second kappa shape index (κ2) is 2.65. The molecule has 0 spiro atoms. The van der Waals surface area contributed by atoms with Crippen LogP contribution in [0.3, 0.4) is 0 Å². The van der Waals surface area contributed by atoms with Gasteiger partial charge in [-0.2, -0.15) is 0 Å². The molecule has 0 aromatic carbocycles. The number of hydrogen-bond acceptors (Lipinski definition) is 3. The second-order valence-corrected chi connectivity index (χ2v) is 1.81. The molecule has 0 aliphatic carbocycles. The van der Waals surface area contributed by atoms with Gasteiger partial charge in [0.1, 0.15) is 0 Å². The number of amides is 2. The number of urea groups is 1. The number of carbonyl (C=O) groups is 1. The molecule has 0 bridgehead atoms. The van der Waals surface area contributed by atoms with Crippen molar-refractivity contribution >= 4 is 6.03 Å².